The molecular formula is C16H27N3S2. The number of piperidine rings is 3. The van der Waals surface area contributed by atoms with E-state index in [1.807, 2.05) is 11.8 Å². The molecule has 3 nitrogen and oxygen atoms in total. The van der Waals surface area contributed by atoms with Crippen molar-refractivity contribution in [1.82, 2.24) is 13.6 Å². The lowest BCUT2D eigenvalue weighted by molar-refractivity contribution is 0.0846. The molecular weight excluding hydrogens is 298 g/mol. The van der Waals surface area contributed by atoms with Crippen LogP contribution in [0.4, 0.5) is 0 Å². The van der Waals surface area contributed by atoms with E-state index in [1.54, 1.807) is 0 Å². The molecule has 21 heavy (non-hydrogen) atoms. The number of hydrogen-bond donors (Lipinski definition) is 0. The second kappa shape index (κ2) is 7.93. The van der Waals surface area contributed by atoms with Crippen LogP contribution in [0, 0.1) is 5.92 Å². The van der Waals surface area contributed by atoms with Crippen molar-refractivity contribution >= 4 is 23.5 Å². The van der Waals surface area contributed by atoms with Crippen LogP contribution in [-0.4, -0.2) is 39.0 Å². The lowest BCUT2D eigenvalue weighted by Crippen LogP contribution is -2.46. The van der Waals surface area contributed by atoms with Crippen LogP contribution in [-0.2, 0) is 0 Å². The summed E-state index contributed by atoms with van der Waals surface area (Å²) in [4.78, 5) is 2.61. The monoisotopic (exact) mass is 325 g/mol. The van der Waals surface area contributed by atoms with Crippen LogP contribution in [0.2, 0.25) is 0 Å². The molecule has 0 spiro atoms. The zero-order valence-corrected chi connectivity index (χ0v) is 14.7. The Kier molecular flexibility index (Phi) is 5.95. The van der Waals surface area contributed by atoms with Crippen molar-refractivity contribution < 1.29 is 0 Å². The van der Waals surface area contributed by atoms with Crippen LogP contribution in [0.1, 0.15) is 63.5 Å². The largest absolute Gasteiger partial charge is 0.303 e. The van der Waals surface area contributed by atoms with Crippen LogP contribution in [0.15, 0.2) is 5.03 Å². The van der Waals surface area contributed by atoms with Crippen molar-refractivity contribution in [1.29, 1.82) is 0 Å². The predicted molar refractivity (Wildman–Crippen MR) is 91.3 cm³/mol. The smallest absolute Gasteiger partial charge is 0.134 e. The molecule has 3 aliphatic heterocycles. The maximum Gasteiger partial charge on any atom is 0.134 e. The number of thioether (sulfide) groups is 1. The summed E-state index contributed by atoms with van der Waals surface area (Å²) >= 11 is 3.37. The van der Waals surface area contributed by atoms with Gasteiger partial charge in [-0.3, -0.25) is 0 Å². The van der Waals surface area contributed by atoms with E-state index in [0.717, 1.165) is 5.92 Å². The first-order chi connectivity index (χ1) is 10.4. The Labute approximate surface area is 137 Å². The van der Waals surface area contributed by atoms with E-state index in [2.05, 4.69) is 20.6 Å². The standard InChI is InChI=1S/C16H27N3S2/c1-2-3-4-5-6-11-20-16-15(17-21-18-16)14-12-19-9-7-13(14)8-10-19/h13-14H,2-12H2,1H3. The average molecular weight is 326 g/mol. The second-order valence-electron chi connectivity index (χ2n) is 6.46. The first-order valence-electron chi connectivity index (χ1n) is 8.56. The summed E-state index contributed by atoms with van der Waals surface area (Å²) in [7, 11) is 0. The Morgan fingerprint density at radius 3 is 2.67 bits per heavy atom. The highest BCUT2D eigenvalue weighted by molar-refractivity contribution is 7.99. The van der Waals surface area contributed by atoms with E-state index in [1.165, 1.54) is 92.8 Å². The van der Waals surface area contributed by atoms with Crippen LogP contribution < -0.4 is 0 Å². The summed E-state index contributed by atoms with van der Waals surface area (Å²) in [5.74, 6) is 2.74. The van der Waals surface area contributed by atoms with E-state index in [0.29, 0.717) is 5.92 Å². The highest BCUT2D eigenvalue weighted by Gasteiger charge is 2.37. The molecule has 0 N–H and O–H groups in total. The molecule has 1 atom stereocenters. The van der Waals surface area contributed by atoms with Crippen LogP contribution in [0.5, 0.6) is 0 Å². The number of fused-ring (bicyclic) bond motifs is 3. The van der Waals surface area contributed by atoms with Gasteiger partial charge < -0.3 is 4.90 Å². The molecule has 0 saturated carbocycles. The fraction of sp³-hybridized carbons (Fsp3) is 0.875. The molecule has 0 aromatic carbocycles. The van der Waals surface area contributed by atoms with Crippen molar-refractivity contribution in [3.63, 3.8) is 0 Å². The minimum absolute atomic E-state index is 0.661. The zero-order valence-electron chi connectivity index (χ0n) is 13.1. The first-order valence-corrected chi connectivity index (χ1v) is 10.3. The molecule has 2 bridgehead atoms. The maximum absolute atomic E-state index is 4.67. The first kappa shape index (κ1) is 15.8. The molecule has 1 aromatic rings. The van der Waals surface area contributed by atoms with E-state index in [-0.39, 0.29) is 0 Å². The molecule has 3 aliphatic rings. The molecule has 3 fully saturated rings. The molecule has 1 unspecified atom stereocenters. The Hall–Kier alpha value is -0.130. The van der Waals surface area contributed by atoms with Gasteiger partial charge in [-0.1, -0.05) is 32.6 Å². The Morgan fingerprint density at radius 1 is 1.14 bits per heavy atom. The molecule has 1 aromatic heterocycles. The zero-order chi connectivity index (χ0) is 14.5. The summed E-state index contributed by atoms with van der Waals surface area (Å²) in [5.41, 5.74) is 1.33. The number of aromatic nitrogens is 2. The molecule has 4 rings (SSSR count). The number of unbranched alkanes of at least 4 members (excludes halogenated alkanes) is 4. The van der Waals surface area contributed by atoms with Gasteiger partial charge in [0, 0.05) is 12.5 Å². The Bertz CT molecular complexity index is 427. The van der Waals surface area contributed by atoms with Crippen molar-refractivity contribution in [3.8, 4) is 0 Å². The molecule has 5 heteroatoms. The third-order valence-corrected chi connectivity index (χ3v) is 6.70. The Balaban J connectivity index is 1.50. The Morgan fingerprint density at radius 2 is 1.95 bits per heavy atom. The van der Waals surface area contributed by atoms with Gasteiger partial charge in [0.15, 0.2) is 0 Å². The fourth-order valence-electron chi connectivity index (χ4n) is 3.66. The molecule has 4 heterocycles. The summed E-state index contributed by atoms with van der Waals surface area (Å²) in [5, 5.41) is 1.24. The topological polar surface area (TPSA) is 29.0 Å². The lowest BCUT2D eigenvalue weighted by Gasteiger charge is -2.44. The van der Waals surface area contributed by atoms with E-state index in [4.69, 9.17) is 0 Å². The molecule has 3 saturated heterocycles. The summed E-state index contributed by atoms with van der Waals surface area (Å²) in [6, 6.07) is 0. The third-order valence-electron chi connectivity index (χ3n) is 4.98. The molecule has 0 radical (unpaired) electrons. The van der Waals surface area contributed by atoms with Crippen LogP contribution >= 0.6 is 23.5 Å². The maximum atomic E-state index is 4.67. The highest BCUT2D eigenvalue weighted by atomic mass is 32.2. The molecule has 0 amide bonds. The summed E-state index contributed by atoms with van der Waals surface area (Å²) in [6.07, 6.45) is 9.52. The minimum Gasteiger partial charge on any atom is -0.303 e. The molecule has 118 valence electrons. The number of nitrogens with zero attached hydrogens (tertiary/aromatic N) is 3. The van der Waals surface area contributed by atoms with Gasteiger partial charge >= 0.3 is 0 Å². The van der Waals surface area contributed by atoms with Gasteiger partial charge in [-0.2, -0.15) is 8.75 Å². The SMILES string of the molecule is CCCCCCCSc1nsnc1C1CN2CCC1CC2. The quantitative estimate of drug-likeness (QED) is 0.523. The van der Waals surface area contributed by atoms with Crippen molar-refractivity contribution in [2.24, 2.45) is 5.92 Å². The van der Waals surface area contributed by atoms with Crippen molar-refractivity contribution in [2.45, 2.75) is 62.8 Å². The van der Waals surface area contributed by atoms with E-state index in [9.17, 15) is 0 Å². The second-order valence-corrected chi connectivity index (χ2v) is 8.07. The van der Waals surface area contributed by atoms with E-state index < -0.39 is 0 Å². The van der Waals surface area contributed by atoms with Gasteiger partial charge in [-0.25, -0.2) is 0 Å². The highest BCUT2D eigenvalue weighted by Crippen LogP contribution is 2.41. The van der Waals surface area contributed by atoms with Gasteiger partial charge in [0.2, 0.25) is 0 Å². The van der Waals surface area contributed by atoms with Crippen LogP contribution in [0.25, 0.3) is 0 Å². The van der Waals surface area contributed by atoms with Gasteiger partial charge in [0.05, 0.1) is 17.4 Å². The fourth-order valence-corrected chi connectivity index (χ4v) is 5.44. The predicted octanol–water partition coefficient (Wildman–Crippen LogP) is 4.41. The van der Waals surface area contributed by atoms with Gasteiger partial charge in [-0.15, -0.1) is 11.8 Å². The lowest BCUT2D eigenvalue weighted by atomic mass is 9.78. The van der Waals surface area contributed by atoms with Crippen LogP contribution in [0.3, 0.4) is 0 Å². The summed E-state index contributed by atoms with van der Waals surface area (Å²) in [6.45, 7) is 6.10. The number of rotatable bonds is 8. The summed E-state index contributed by atoms with van der Waals surface area (Å²) < 4.78 is 9.25. The van der Waals surface area contributed by atoms with E-state index >= 15 is 0 Å². The van der Waals surface area contributed by atoms with Crippen molar-refractivity contribution in [2.75, 3.05) is 25.4 Å². The van der Waals surface area contributed by atoms with Crippen molar-refractivity contribution in [3.05, 3.63) is 5.69 Å². The minimum atomic E-state index is 0.661. The average Bonchev–Trinajstić information content (AvgIpc) is 3.00. The number of hydrogen-bond acceptors (Lipinski definition) is 5. The molecule has 0 aliphatic carbocycles. The van der Waals surface area contributed by atoms with Gasteiger partial charge in [0.1, 0.15) is 5.03 Å². The van der Waals surface area contributed by atoms with Gasteiger partial charge in [0.25, 0.3) is 0 Å². The van der Waals surface area contributed by atoms with Gasteiger partial charge in [-0.05, 0) is 44.0 Å². The third kappa shape index (κ3) is 3.99. The normalized spacial score (nSPS) is 28.1.